The van der Waals surface area contributed by atoms with Crippen LogP contribution < -0.4 is 10.2 Å². The van der Waals surface area contributed by atoms with Crippen molar-refractivity contribution >= 4 is 28.7 Å². The molecule has 1 heterocycles. The molecular weight excluding hydrogens is 526 g/mol. The first-order chi connectivity index (χ1) is 18.1. The Morgan fingerprint density at radius 2 is 1.71 bits per heavy atom. The van der Waals surface area contributed by atoms with Gasteiger partial charge in [0, 0.05) is 33.2 Å². The molecule has 1 unspecified atom stereocenters. The molecule has 2 aromatic rings. The molecule has 1 fully saturated rings. The van der Waals surface area contributed by atoms with Crippen LogP contribution in [0.15, 0.2) is 41.3 Å². The second-order valence-corrected chi connectivity index (χ2v) is 9.90. The number of halogens is 2. The molecule has 1 aliphatic heterocycles. The van der Waals surface area contributed by atoms with Gasteiger partial charge in [-0.3, -0.25) is 19.6 Å². The minimum Gasteiger partial charge on any atom is -0.451 e. The Morgan fingerprint density at radius 3 is 2.29 bits per heavy atom. The largest absolute Gasteiger partial charge is 0.451 e. The molecule has 0 spiro atoms. The number of carbonyl (C=O) groups is 3. The van der Waals surface area contributed by atoms with Crippen LogP contribution in [0.5, 0.6) is 11.5 Å². The summed E-state index contributed by atoms with van der Waals surface area (Å²) in [7, 11) is -0.939. The van der Waals surface area contributed by atoms with Crippen LogP contribution in [-0.4, -0.2) is 94.2 Å². The Balaban J connectivity index is 1.73. The zero-order valence-electron chi connectivity index (χ0n) is 20.8. The second kappa shape index (κ2) is 13.4. The lowest BCUT2D eigenvalue weighted by Crippen LogP contribution is -2.49. The van der Waals surface area contributed by atoms with E-state index in [0.717, 1.165) is 26.9 Å². The molecule has 0 saturated carbocycles. The van der Waals surface area contributed by atoms with Crippen LogP contribution in [0.4, 0.5) is 8.78 Å². The molecule has 38 heavy (non-hydrogen) atoms. The van der Waals surface area contributed by atoms with E-state index in [0.29, 0.717) is 13.2 Å². The first-order valence-electron chi connectivity index (χ1n) is 11.6. The number of amides is 3. The monoisotopic (exact) mass is 554 g/mol. The van der Waals surface area contributed by atoms with Crippen molar-refractivity contribution in [3.63, 3.8) is 0 Å². The Labute approximate surface area is 220 Å². The molecule has 11 nitrogen and oxygen atoms in total. The van der Waals surface area contributed by atoms with Crippen LogP contribution in [0, 0.1) is 18.6 Å². The van der Waals surface area contributed by atoms with E-state index in [-0.39, 0.29) is 36.8 Å². The van der Waals surface area contributed by atoms with Gasteiger partial charge < -0.3 is 19.3 Å². The van der Waals surface area contributed by atoms with E-state index in [2.05, 4.69) is 0 Å². The number of rotatable bonds is 9. The predicted octanol–water partition coefficient (Wildman–Crippen LogP) is 1.21. The summed E-state index contributed by atoms with van der Waals surface area (Å²) in [4.78, 5) is 38.9. The Hall–Kier alpha value is -3.46. The van der Waals surface area contributed by atoms with Crippen molar-refractivity contribution in [1.82, 2.24) is 19.6 Å². The van der Waals surface area contributed by atoms with Crippen molar-refractivity contribution in [2.75, 3.05) is 53.0 Å². The lowest BCUT2D eigenvalue weighted by atomic mass is 10.2. The number of nitrogens with one attached hydrogen (secondary N) is 1. The smallest absolute Gasteiger partial charge is 0.312 e. The summed E-state index contributed by atoms with van der Waals surface area (Å²) < 4.78 is 54.2. The number of hydroxylamine groups is 1. The molecule has 2 N–H and O–H groups in total. The number of ether oxygens (including phenoxy) is 2. The van der Waals surface area contributed by atoms with Gasteiger partial charge in [-0.15, -0.1) is 0 Å². The number of likely N-dealkylation sites (N-methyl/N-ethyl adjacent to an activating group) is 1. The lowest BCUT2D eigenvalue weighted by molar-refractivity contribution is -0.153. The summed E-state index contributed by atoms with van der Waals surface area (Å²) >= 11 is 0. The third-order valence-electron chi connectivity index (χ3n) is 5.61. The van der Waals surface area contributed by atoms with Crippen LogP contribution in [0.3, 0.4) is 0 Å². The zero-order valence-corrected chi connectivity index (χ0v) is 21.6. The minimum absolute atomic E-state index is 0.154. The molecule has 3 rings (SSSR count). The highest BCUT2D eigenvalue weighted by molar-refractivity contribution is 7.82. The van der Waals surface area contributed by atoms with Crippen molar-refractivity contribution < 1.29 is 42.1 Å². The first kappa shape index (κ1) is 29.1. The maximum atomic E-state index is 14.8. The summed E-state index contributed by atoms with van der Waals surface area (Å²) in [5.74, 6) is -5.24. The van der Waals surface area contributed by atoms with Crippen molar-refractivity contribution in [3.05, 3.63) is 53.6 Å². The number of carbonyl (C=O) groups excluding carboxylic acids is 3. The number of aryl methyl sites for hydroxylation is 1. The highest BCUT2D eigenvalue weighted by Crippen LogP contribution is 2.30. The van der Waals surface area contributed by atoms with Gasteiger partial charge in [0.15, 0.2) is 17.4 Å². The average Bonchev–Trinajstić information content (AvgIpc) is 2.92. The van der Waals surface area contributed by atoms with Gasteiger partial charge in [0.1, 0.15) is 16.7 Å². The topological polar surface area (TPSA) is 129 Å². The van der Waals surface area contributed by atoms with E-state index in [1.165, 1.54) is 29.6 Å². The van der Waals surface area contributed by atoms with E-state index >= 15 is 0 Å². The molecule has 2 aromatic carbocycles. The predicted molar refractivity (Wildman–Crippen MR) is 131 cm³/mol. The fourth-order valence-electron chi connectivity index (χ4n) is 3.45. The molecule has 0 bridgehead atoms. The second-order valence-electron chi connectivity index (χ2n) is 8.41. The zero-order chi connectivity index (χ0) is 27.8. The maximum absolute atomic E-state index is 14.8. The van der Waals surface area contributed by atoms with Crippen LogP contribution in [0.25, 0.3) is 0 Å². The number of hydrogen-bond donors (Lipinski definition) is 2. The van der Waals surface area contributed by atoms with Crippen LogP contribution in [0.2, 0.25) is 0 Å². The Morgan fingerprint density at radius 1 is 1.11 bits per heavy atom. The van der Waals surface area contributed by atoms with Gasteiger partial charge in [-0.05, 0) is 31.2 Å². The minimum atomic E-state index is -2.29. The van der Waals surface area contributed by atoms with Crippen molar-refractivity contribution in [1.29, 1.82) is 0 Å². The number of hydrogen-bond acceptors (Lipinski definition) is 7. The number of nitrogens with zero attached hydrogens (tertiary/aromatic N) is 3. The molecule has 1 saturated heterocycles. The third-order valence-corrected chi connectivity index (χ3v) is 7.03. The van der Waals surface area contributed by atoms with Gasteiger partial charge >= 0.3 is 11.8 Å². The standard InChI is InChI=1S/C24H28F2N4O7S/c1-16-3-5-17(6-4-16)37-22-19(25)13-18(14-20(22)26)38(35)30(15-21(31)27-34)8-7-28(2)23(32)24(33)29-9-11-36-12-10-29/h3-6,13-14,34H,7-12,15H2,1-2H3,(H,27,31). The quantitative estimate of drug-likeness (QED) is 0.271. The fourth-order valence-corrected chi connectivity index (χ4v) is 4.64. The van der Waals surface area contributed by atoms with E-state index in [1.807, 2.05) is 6.92 Å². The summed E-state index contributed by atoms with van der Waals surface area (Å²) in [6.45, 7) is 1.99. The van der Waals surface area contributed by atoms with Gasteiger partial charge in [0.05, 0.1) is 24.7 Å². The normalized spacial score (nSPS) is 14.2. The molecule has 0 aliphatic carbocycles. The highest BCUT2D eigenvalue weighted by atomic mass is 32.2. The van der Waals surface area contributed by atoms with Crippen molar-refractivity contribution in [3.8, 4) is 11.5 Å². The summed E-state index contributed by atoms with van der Waals surface area (Å²) in [5.41, 5.74) is 2.33. The lowest BCUT2D eigenvalue weighted by Gasteiger charge is -2.29. The molecule has 1 atom stereocenters. The number of morpholine rings is 1. The summed E-state index contributed by atoms with van der Waals surface area (Å²) in [5, 5.41) is 8.91. The Bertz CT molecular complexity index is 1170. The van der Waals surface area contributed by atoms with Gasteiger partial charge in [0.25, 0.3) is 5.91 Å². The molecule has 0 radical (unpaired) electrons. The van der Waals surface area contributed by atoms with E-state index in [9.17, 15) is 27.4 Å². The molecule has 1 aliphatic rings. The highest BCUT2D eigenvalue weighted by Gasteiger charge is 2.28. The SMILES string of the molecule is Cc1ccc(Oc2c(F)cc(S(=O)N(CCN(C)C(=O)C(=O)N3CCOCC3)CC(=O)NO)cc2F)cc1. The van der Waals surface area contributed by atoms with Gasteiger partial charge in [-0.2, -0.15) is 0 Å². The van der Waals surface area contributed by atoms with E-state index in [4.69, 9.17) is 14.7 Å². The van der Waals surface area contributed by atoms with Crippen molar-refractivity contribution in [2.45, 2.75) is 11.8 Å². The van der Waals surface area contributed by atoms with Crippen LogP contribution >= 0.6 is 0 Å². The molecule has 0 aromatic heterocycles. The molecule has 3 amide bonds. The molecular formula is C24H28F2N4O7S. The Kier molecular flexibility index (Phi) is 10.2. The van der Waals surface area contributed by atoms with Crippen molar-refractivity contribution in [2.24, 2.45) is 0 Å². The fraction of sp³-hybridized carbons (Fsp3) is 0.375. The van der Waals surface area contributed by atoms with Gasteiger partial charge in [-0.25, -0.2) is 22.8 Å². The van der Waals surface area contributed by atoms with Gasteiger partial charge in [-0.1, -0.05) is 17.7 Å². The van der Waals surface area contributed by atoms with Crippen LogP contribution in [0.1, 0.15) is 5.56 Å². The molecule has 206 valence electrons. The first-order valence-corrected chi connectivity index (χ1v) is 12.7. The molecule has 14 heteroatoms. The van der Waals surface area contributed by atoms with Crippen LogP contribution in [-0.2, 0) is 30.1 Å². The van der Waals surface area contributed by atoms with E-state index < -0.39 is 52.6 Å². The third kappa shape index (κ3) is 7.54. The number of benzene rings is 2. The maximum Gasteiger partial charge on any atom is 0.312 e. The van der Waals surface area contributed by atoms with E-state index in [1.54, 1.807) is 12.1 Å². The summed E-state index contributed by atoms with van der Waals surface area (Å²) in [6.07, 6.45) is 0. The summed E-state index contributed by atoms with van der Waals surface area (Å²) in [6, 6.07) is 8.10. The van der Waals surface area contributed by atoms with Gasteiger partial charge in [0.2, 0.25) is 0 Å². The average molecular weight is 555 g/mol.